The van der Waals surface area contributed by atoms with Crippen LogP contribution < -0.4 is 5.32 Å². The van der Waals surface area contributed by atoms with Crippen LogP contribution >= 0.6 is 15.9 Å². The van der Waals surface area contributed by atoms with Gasteiger partial charge in [0.15, 0.2) is 0 Å². The van der Waals surface area contributed by atoms with Gasteiger partial charge in [0.1, 0.15) is 0 Å². The maximum atomic E-state index is 3.67. The highest BCUT2D eigenvalue weighted by Crippen LogP contribution is 2.25. The molecular formula is C16H27BrN2. The first-order chi connectivity index (χ1) is 9.22. The molecule has 0 saturated carbocycles. The van der Waals surface area contributed by atoms with Crippen molar-refractivity contribution in [2.75, 3.05) is 26.2 Å². The van der Waals surface area contributed by atoms with Gasteiger partial charge in [0, 0.05) is 10.5 Å². The van der Waals surface area contributed by atoms with E-state index < -0.39 is 0 Å². The molecular weight excluding hydrogens is 300 g/mol. The lowest BCUT2D eigenvalue weighted by Crippen LogP contribution is -2.30. The van der Waals surface area contributed by atoms with Gasteiger partial charge in [-0.1, -0.05) is 54.9 Å². The Balaban J connectivity index is 2.65. The summed E-state index contributed by atoms with van der Waals surface area (Å²) >= 11 is 3.67. The van der Waals surface area contributed by atoms with E-state index in [0.717, 1.165) is 26.1 Å². The average molecular weight is 327 g/mol. The smallest absolute Gasteiger partial charge is 0.0343 e. The zero-order chi connectivity index (χ0) is 14.1. The van der Waals surface area contributed by atoms with Crippen molar-refractivity contribution in [2.24, 2.45) is 0 Å². The Labute approximate surface area is 126 Å². The molecule has 1 aromatic rings. The molecule has 1 aromatic carbocycles. The van der Waals surface area contributed by atoms with E-state index in [2.05, 4.69) is 71.2 Å². The summed E-state index contributed by atoms with van der Waals surface area (Å²) in [5.41, 5.74) is 1.37. The van der Waals surface area contributed by atoms with Crippen molar-refractivity contribution in [1.82, 2.24) is 10.2 Å². The van der Waals surface area contributed by atoms with Crippen LogP contribution in [0.5, 0.6) is 0 Å². The van der Waals surface area contributed by atoms with Crippen LogP contribution in [0.15, 0.2) is 28.7 Å². The van der Waals surface area contributed by atoms with Gasteiger partial charge < -0.3 is 10.2 Å². The zero-order valence-corrected chi connectivity index (χ0v) is 14.0. The van der Waals surface area contributed by atoms with Crippen LogP contribution in [0.3, 0.4) is 0 Å². The van der Waals surface area contributed by atoms with Crippen molar-refractivity contribution in [3.8, 4) is 0 Å². The Morgan fingerprint density at radius 3 is 2.47 bits per heavy atom. The quantitative estimate of drug-likeness (QED) is 0.730. The fraction of sp³-hybridized carbons (Fsp3) is 0.625. The van der Waals surface area contributed by atoms with E-state index in [9.17, 15) is 0 Å². The second kappa shape index (κ2) is 9.51. The summed E-state index contributed by atoms with van der Waals surface area (Å²) in [6.45, 7) is 11.2. The summed E-state index contributed by atoms with van der Waals surface area (Å²) in [6, 6.07) is 8.98. The molecule has 0 aliphatic heterocycles. The predicted octanol–water partition coefficient (Wildman–Crippen LogP) is 4.22. The third kappa shape index (κ3) is 5.64. The first-order valence-electron chi connectivity index (χ1n) is 7.43. The van der Waals surface area contributed by atoms with E-state index in [0.29, 0.717) is 6.04 Å². The molecule has 19 heavy (non-hydrogen) atoms. The number of hydrogen-bond donors (Lipinski definition) is 1. The summed E-state index contributed by atoms with van der Waals surface area (Å²) in [6.07, 6.45) is 2.39. The molecule has 0 aliphatic rings. The van der Waals surface area contributed by atoms with Crippen molar-refractivity contribution in [1.29, 1.82) is 0 Å². The number of hydrogen-bond acceptors (Lipinski definition) is 2. The van der Waals surface area contributed by atoms with Gasteiger partial charge in [-0.3, -0.25) is 0 Å². The molecule has 0 aliphatic carbocycles. The Hall–Kier alpha value is -0.380. The van der Waals surface area contributed by atoms with E-state index >= 15 is 0 Å². The van der Waals surface area contributed by atoms with Crippen LogP contribution in [0, 0.1) is 0 Å². The van der Waals surface area contributed by atoms with Crippen LogP contribution in [0.4, 0.5) is 0 Å². The van der Waals surface area contributed by atoms with Gasteiger partial charge in [-0.15, -0.1) is 0 Å². The standard InChI is InChI=1S/C16H27BrN2/c1-4-12-19(6-3)13-11-16(18-5-2)14-9-7-8-10-15(14)17/h7-10,16,18H,4-6,11-13H2,1-3H3. The minimum atomic E-state index is 0.437. The van der Waals surface area contributed by atoms with Crippen molar-refractivity contribution >= 4 is 15.9 Å². The minimum Gasteiger partial charge on any atom is -0.310 e. The number of benzene rings is 1. The normalized spacial score (nSPS) is 12.9. The zero-order valence-electron chi connectivity index (χ0n) is 12.5. The second-order valence-corrected chi connectivity index (χ2v) is 5.71. The molecule has 0 bridgehead atoms. The Morgan fingerprint density at radius 1 is 1.16 bits per heavy atom. The lowest BCUT2D eigenvalue weighted by atomic mass is 10.0. The molecule has 0 saturated heterocycles. The van der Waals surface area contributed by atoms with E-state index in [1.165, 1.54) is 23.0 Å². The molecule has 2 nitrogen and oxygen atoms in total. The van der Waals surface area contributed by atoms with E-state index in [-0.39, 0.29) is 0 Å². The lowest BCUT2D eigenvalue weighted by Gasteiger charge is -2.25. The molecule has 0 heterocycles. The molecule has 1 atom stereocenters. The molecule has 0 spiro atoms. The molecule has 1 N–H and O–H groups in total. The predicted molar refractivity (Wildman–Crippen MR) is 87.6 cm³/mol. The number of nitrogens with one attached hydrogen (secondary N) is 1. The van der Waals surface area contributed by atoms with Crippen molar-refractivity contribution in [2.45, 2.75) is 39.7 Å². The Bertz CT molecular complexity index is 354. The van der Waals surface area contributed by atoms with Crippen LogP contribution in [0.25, 0.3) is 0 Å². The highest BCUT2D eigenvalue weighted by molar-refractivity contribution is 9.10. The first-order valence-corrected chi connectivity index (χ1v) is 8.22. The van der Waals surface area contributed by atoms with Gasteiger partial charge in [-0.2, -0.15) is 0 Å². The van der Waals surface area contributed by atoms with Gasteiger partial charge in [0.25, 0.3) is 0 Å². The van der Waals surface area contributed by atoms with Crippen LogP contribution in [0.2, 0.25) is 0 Å². The maximum Gasteiger partial charge on any atom is 0.0343 e. The fourth-order valence-electron chi connectivity index (χ4n) is 2.43. The topological polar surface area (TPSA) is 15.3 Å². The van der Waals surface area contributed by atoms with E-state index in [4.69, 9.17) is 0 Å². The third-order valence-corrected chi connectivity index (χ3v) is 4.17. The molecule has 0 radical (unpaired) electrons. The van der Waals surface area contributed by atoms with Gasteiger partial charge in [0.2, 0.25) is 0 Å². The highest BCUT2D eigenvalue weighted by atomic mass is 79.9. The molecule has 0 aromatic heterocycles. The van der Waals surface area contributed by atoms with Crippen LogP contribution in [-0.4, -0.2) is 31.1 Å². The third-order valence-electron chi connectivity index (χ3n) is 3.45. The highest BCUT2D eigenvalue weighted by Gasteiger charge is 2.14. The summed E-state index contributed by atoms with van der Waals surface area (Å²) in [5, 5.41) is 3.60. The van der Waals surface area contributed by atoms with E-state index in [1.54, 1.807) is 0 Å². The van der Waals surface area contributed by atoms with Crippen molar-refractivity contribution in [3.05, 3.63) is 34.3 Å². The molecule has 1 rings (SSSR count). The van der Waals surface area contributed by atoms with Gasteiger partial charge >= 0.3 is 0 Å². The summed E-state index contributed by atoms with van der Waals surface area (Å²) in [5.74, 6) is 0. The SMILES string of the molecule is CCCN(CC)CCC(NCC)c1ccccc1Br. The lowest BCUT2D eigenvalue weighted by molar-refractivity contribution is 0.269. The average Bonchev–Trinajstić information content (AvgIpc) is 2.42. The molecule has 0 amide bonds. The number of rotatable bonds is 9. The van der Waals surface area contributed by atoms with E-state index in [1.807, 2.05) is 0 Å². The summed E-state index contributed by atoms with van der Waals surface area (Å²) in [4.78, 5) is 2.53. The van der Waals surface area contributed by atoms with Crippen LogP contribution in [0.1, 0.15) is 45.2 Å². The molecule has 0 fully saturated rings. The summed E-state index contributed by atoms with van der Waals surface area (Å²) in [7, 11) is 0. The van der Waals surface area contributed by atoms with Gasteiger partial charge in [-0.05, 0) is 50.7 Å². The number of nitrogens with zero attached hydrogens (tertiary/aromatic N) is 1. The summed E-state index contributed by atoms with van der Waals surface area (Å²) < 4.78 is 1.21. The first kappa shape index (κ1) is 16.7. The molecule has 3 heteroatoms. The maximum absolute atomic E-state index is 3.67. The molecule has 108 valence electrons. The van der Waals surface area contributed by atoms with Crippen LogP contribution in [-0.2, 0) is 0 Å². The van der Waals surface area contributed by atoms with Gasteiger partial charge in [0.05, 0.1) is 0 Å². The minimum absolute atomic E-state index is 0.437. The largest absolute Gasteiger partial charge is 0.310 e. The van der Waals surface area contributed by atoms with Gasteiger partial charge in [-0.25, -0.2) is 0 Å². The monoisotopic (exact) mass is 326 g/mol. The van der Waals surface area contributed by atoms with Crippen molar-refractivity contribution in [3.63, 3.8) is 0 Å². The number of halogens is 1. The molecule has 1 unspecified atom stereocenters. The fourth-order valence-corrected chi connectivity index (χ4v) is 2.99. The second-order valence-electron chi connectivity index (χ2n) is 4.85. The van der Waals surface area contributed by atoms with Crippen molar-refractivity contribution < 1.29 is 0 Å². The Morgan fingerprint density at radius 2 is 1.89 bits per heavy atom. The Kier molecular flexibility index (Phi) is 8.35.